The Hall–Kier alpha value is -0.240. The minimum absolute atomic E-state index is 0.0743. The molecule has 10 heavy (non-hydrogen) atoms. The molecule has 1 spiro atoms. The first-order valence-electron chi connectivity index (χ1n) is 3.59. The minimum Gasteiger partial charge on any atom is -0.457 e. The molecule has 2 aliphatic rings. The predicted octanol–water partition coefficient (Wildman–Crippen LogP) is 1.46. The van der Waals surface area contributed by atoms with E-state index >= 15 is 0 Å². The van der Waals surface area contributed by atoms with Gasteiger partial charge in [0.15, 0.2) is 0 Å². The number of esters is 1. The Morgan fingerprint density at radius 2 is 2.40 bits per heavy atom. The smallest absolute Gasteiger partial charge is 0.310 e. The molecule has 2 atom stereocenters. The van der Waals surface area contributed by atoms with Crippen LogP contribution in [0.3, 0.4) is 0 Å². The molecule has 2 nitrogen and oxygen atoms in total. The lowest BCUT2D eigenvalue weighted by atomic mass is 9.92. The SMILES string of the molecule is O=C1CC2(CCCC2Cl)O1. The van der Waals surface area contributed by atoms with Crippen LogP contribution in [0.25, 0.3) is 0 Å². The fourth-order valence-corrected chi connectivity index (χ4v) is 2.16. The van der Waals surface area contributed by atoms with E-state index in [1.807, 2.05) is 0 Å². The Labute approximate surface area is 64.5 Å². The highest BCUT2D eigenvalue weighted by Crippen LogP contribution is 2.45. The van der Waals surface area contributed by atoms with Gasteiger partial charge in [-0.15, -0.1) is 11.6 Å². The van der Waals surface area contributed by atoms with Crippen LogP contribution >= 0.6 is 11.6 Å². The number of alkyl halides is 1. The van der Waals surface area contributed by atoms with Gasteiger partial charge in [-0.2, -0.15) is 0 Å². The second-order valence-corrected chi connectivity index (χ2v) is 3.60. The quantitative estimate of drug-likeness (QED) is 0.396. The maximum Gasteiger partial charge on any atom is 0.310 e. The fraction of sp³-hybridized carbons (Fsp3) is 0.857. The number of halogens is 1. The van der Waals surface area contributed by atoms with Crippen molar-refractivity contribution in [1.29, 1.82) is 0 Å². The molecule has 0 aromatic carbocycles. The molecule has 2 unspecified atom stereocenters. The Balaban J connectivity index is 2.09. The van der Waals surface area contributed by atoms with Crippen molar-refractivity contribution >= 4 is 17.6 Å². The van der Waals surface area contributed by atoms with Crippen LogP contribution < -0.4 is 0 Å². The van der Waals surface area contributed by atoms with Gasteiger partial charge in [0.05, 0.1) is 11.8 Å². The van der Waals surface area contributed by atoms with Crippen LogP contribution in [0, 0.1) is 0 Å². The van der Waals surface area contributed by atoms with Crippen LogP contribution in [0.4, 0.5) is 0 Å². The molecule has 2 rings (SSSR count). The summed E-state index contributed by atoms with van der Waals surface area (Å²) in [6, 6.07) is 0. The molecule has 2 fully saturated rings. The van der Waals surface area contributed by atoms with Gasteiger partial charge in [-0.1, -0.05) is 0 Å². The van der Waals surface area contributed by atoms with E-state index in [0.717, 1.165) is 19.3 Å². The first kappa shape index (κ1) is 6.47. The second-order valence-electron chi connectivity index (χ2n) is 3.08. The lowest BCUT2D eigenvalue weighted by Gasteiger charge is -2.39. The van der Waals surface area contributed by atoms with Crippen LogP contribution in [0.5, 0.6) is 0 Å². The number of carbonyl (C=O) groups excluding carboxylic acids is 1. The summed E-state index contributed by atoms with van der Waals surface area (Å²) in [5.41, 5.74) is -0.237. The highest BCUT2D eigenvalue weighted by molar-refractivity contribution is 6.22. The van der Waals surface area contributed by atoms with Gasteiger partial charge in [0.2, 0.25) is 0 Å². The molecule has 0 aromatic rings. The topological polar surface area (TPSA) is 26.3 Å². The van der Waals surface area contributed by atoms with Crippen molar-refractivity contribution in [2.75, 3.05) is 0 Å². The minimum atomic E-state index is -0.237. The molecule has 1 aliphatic carbocycles. The summed E-state index contributed by atoms with van der Waals surface area (Å²) in [4.78, 5) is 10.5. The zero-order valence-corrected chi connectivity index (χ0v) is 6.36. The second kappa shape index (κ2) is 1.88. The van der Waals surface area contributed by atoms with E-state index in [9.17, 15) is 4.79 Å². The fourth-order valence-electron chi connectivity index (χ4n) is 1.78. The van der Waals surface area contributed by atoms with Gasteiger partial charge in [0.25, 0.3) is 0 Å². The average molecular weight is 161 g/mol. The summed E-state index contributed by atoms with van der Waals surface area (Å²) in [6.45, 7) is 0. The third-order valence-electron chi connectivity index (χ3n) is 2.39. The monoisotopic (exact) mass is 160 g/mol. The third kappa shape index (κ3) is 0.685. The van der Waals surface area contributed by atoms with Gasteiger partial charge in [0, 0.05) is 0 Å². The summed E-state index contributed by atoms with van der Waals surface area (Å²) in [5.74, 6) is -0.0902. The first-order chi connectivity index (χ1) is 4.73. The maximum absolute atomic E-state index is 10.5. The molecule has 0 aromatic heterocycles. The molecule has 0 bridgehead atoms. The summed E-state index contributed by atoms with van der Waals surface area (Å²) in [6.07, 6.45) is 3.60. The van der Waals surface area contributed by atoms with Crippen LogP contribution in [-0.4, -0.2) is 16.9 Å². The van der Waals surface area contributed by atoms with E-state index in [4.69, 9.17) is 16.3 Å². The molecule has 0 amide bonds. The molecule has 1 saturated carbocycles. The van der Waals surface area contributed by atoms with Crippen LogP contribution in [0.1, 0.15) is 25.7 Å². The van der Waals surface area contributed by atoms with E-state index in [0.29, 0.717) is 6.42 Å². The largest absolute Gasteiger partial charge is 0.457 e. The van der Waals surface area contributed by atoms with E-state index in [1.54, 1.807) is 0 Å². The van der Waals surface area contributed by atoms with Crippen LogP contribution in [-0.2, 0) is 9.53 Å². The number of carbonyl (C=O) groups is 1. The molecule has 0 radical (unpaired) electrons. The van der Waals surface area contributed by atoms with Crippen molar-refractivity contribution in [3.05, 3.63) is 0 Å². The van der Waals surface area contributed by atoms with Gasteiger partial charge < -0.3 is 4.74 Å². The standard InChI is InChI=1S/C7H9ClO2/c8-5-2-1-3-7(5)4-6(9)10-7/h5H,1-4H2. The molecule has 1 saturated heterocycles. The van der Waals surface area contributed by atoms with Gasteiger partial charge in [-0.05, 0) is 19.3 Å². The van der Waals surface area contributed by atoms with Crippen molar-refractivity contribution in [2.24, 2.45) is 0 Å². The molecular weight excluding hydrogens is 152 g/mol. The number of rotatable bonds is 0. The van der Waals surface area contributed by atoms with E-state index in [-0.39, 0.29) is 16.9 Å². The lowest BCUT2D eigenvalue weighted by Crippen LogP contribution is -2.51. The summed E-state index contributed by atoms with van der Waals surface area (Å²) in [7, 11) is 0. The van der Waals surface area contributed by atoms with Gasteiger partial charge in [-0.3, -0.25) is 4.79 Å². The highest BCUT2D eigenvalue weighted by Gasteiger charge is 2.53. The Kier molecular flexibility index (Phi) is 1.21. The Morgan fingerprint density at radius 3 is 2.80 bits per heavy atom. The summed E-state index contributed by atoms with van der Waals surface area (Å²) >= 11 is 5.96. The van der Waals surface area contributed by atoms with Crippen molar-refractivity contribution < 1.29 is 9.53 Å². The predicted molar refractivity (Wildman–Crippen MR) is 36.9 cm³/mol. The normalized spacial score (nSPS) is 45.3. The van der Waals surface area contributed by atoms with E-state index < -0.39 is 0 Å². The van der Waals surface area contributed by atoms with Crippen molar-refractivity contribution in [1.82, 2.24) is 0 Å². The summed E-state index contributed by atoms with van der Waals surface area (Å²) in [5, 5.41) is 0.0743. The van der Waals surface area contributed by atoms with Crippen molar-refractivity contribution in [3.63, 3.8) is 0 Å². The molecule has 1 heterocycles. The van der Waals surface area contributed by atoms with Crippen molar-refractivity contribution in [3.8, 4) is 0 Å². The first-order valence-corrected chi connectivity index (χ1v) is 4.02. The van der Waals surface area contributed by atoms with Crippen LogP contribution in [0.2, 0.25) is 0 Å². The van der Waals surface area contributed by atoms with Crippen molar-refractivity contribution in [2.45, 2.75) is 36.7 Å². The Bertz CT molecular complexity index is 170. The maximum atomic E-state index is 10.5. The lowest BCUT2D eigenvalue weighted by molar-refractivity contribution is -0.189. The van der Waals surface area contributed by atoms with Gasteiger partial charge in [-0.25, -0.2) is 0 Å². The average Bonchev–Trinajstić information content (AvgIpc) is 2.12. The van der Waals surface area contributed by atoms with Gasteiger partial charge >= 0.3 is 5.97 Å². The number of ether oxygens (including phenoxy) is 1. The number of hydrogen-bond acceptors (Lipinski definition) is 2. The molecule has 56 valence electrons. The molecule has 0 N–H and O–H groups in total. The Morgan fingerprint density at radius 1 is 1.70 bits per heavy atom. The third-order valence-corrected chi connectivity index (χ3v) is 3.00. The van der Waals surface area contributed by atoms with E-state index in [2.05, 4.69) is 0 Å². The number of hydrogen-bond donors (Lipinski definition) is 0. The zero-order chi connectivity index (χ0) is 7.19. The zero-order valence-electron chi connectivity index (χ0n) is 5.60. The van der Waals surface area contributed by atoms with E-state index in [1.165, 1.54) is 0 Å². The molecule has 3 heteroatoms. The highest BCUT2D eigenvalue weighted by atomic mass is 35.5. The molecule has 1 aliphatic heterocycles. The summed E-state index contributed by atoms with van der Waals surface area (Å²) < 4.78 is 5.03. The van der Waals surface area contributed by atoms with Crippen LogP contribution in [0.15, 0.2) is 0 Å². The van der Waals surface area contributed by atoms with Gasteiger partial charge in [0.1, 0.15) is 5.60 Å². The molecular formula is C7H9ClO2.